The first kappa shape index (κ1) is 12.8. The molecular formula is C14H21NO. The Morgan fingerprint density at radius 2 is 2.12 bits per heavy atom. The molecule has 3 N–H and O–H groups in total. The number of hydrogen-bond acceptors (Lipinski definition) is 2. The van der Waals surface area contributed by atoms with Crippen LogP contribution >= 0.6 is 0 Å². The molecule has 0 radical (unpaired) electrons. The Hall–Kier alpha value is -1.28. The molecular weight excluding hydrogens is 198 g/mol. The van der Waals surface area contributed by atoms with E-state index in [0.29, 0.717) is 12.5 Å². The third-order valence-electron chi connectivity index (χ3n) is 3.09. The van der Waals surface area contributed by atoms with Crippen LogP contribution in [0.1, 0.15) is 49.8 Å². The molecule has 0 fully saturated rings. The molecule has 1 rings (SSSR count). The molecule has 0 saturated heterocycles. The van der Waals surface area contributed by atoms with Crippen molar-refractivity contribution in [3.8, 4) is 5.75 Å². The Balaban J connectivity index is 3.45. The van der Waals surface area contributed by atoms with E-state index in [1.807, 2.05) is 13.0 Å². The summed E-state index contributed by atoms with van der Waals surface area (Å²) in [6, 6.07) is 3.71. The van der Waals surface area contributed by atoms with Crippen molar-refractivity contribution in [2.75, 3.05) is 0 Å². The number of phenolic OH excluding ortho intramolecular Hbond substituents is 1. The number of nitrogens with two attached hydrogens (primary N) is 1. The van der Waals surface area contributed by atoms with E-state index in [4.69, 9.17) is 5.73 Å². The van der Waals surface area contributed by atoms with Gasteiger partial charge in [-0.3, -0.25) is 0 Å². The molecule has 0 amide bonds. The molecule has 0 aliphatic carbocycles. The second-order valence-electron chi connectivity index (χ2n) is 4.32. The highest BCUT2D eigenvalue weighted by molar-refractivity contribution is 5.70. The summed E-state index contributed by atoms with van der Waals surface area (Å²) in [5, 5.41) is 9.80. The van der Waals surface area contributed by atoms with Gasteiger partial charge in [-0.1, -0.05) is 32.1 Å². The van der Waals surface area contributed by atoms with Gasteiger partial charge in [-0.05, 0) is 36.5 Å². The maximum absolute atomic E-state index is 9.80. The minimum absolute atomic E-state index is 0.271. The van der Waals surface area contributed by atoms with Crippen LogP contribution in [0.4, 0.5) is 0 Å². The van der Waals surface area contributed by atoms with E-state index in [1.165, 1.54) is 5.56 Å². The van der Waals surface area contributed by atoms with E-state index in [0.717, 1.165) is 23.1 Å². The minimum atomic E-state index is 0.271. The molecule has 0 aliphatic heterocycles. The van der Waals surface area contributed by atoms with Crippen molar-refractivity contribution in [1.29, 1.82) is 0 Å². The summed E-state index contributed by atoms with van der Waals surface area (Å²) in [7, 11) is 0. The van der Waals surface area contributed by atoms with Gasteiger partial charge in [0.15, 0.2) is 0 Å². The largest absolute Gasteiger partial charge is 0.508 e. The summed E-state index contributed by atoms with van der Waals surface area (Å²) < 4.78 is 0. The highest BCUT2D eigenvalue weighted by atomic mass is 16.3. The van der Waals surface area contributed by atoms with Crippen molar-refractivity contribution in [3.63, 3.8) is 0 Å². The SMILES string of the molecule is C=C(C)c1c(C(C)CC)ccc(O)c1CN. The average molecular weight is 219 g/mol. The summed E-state index contributed by atoms with van der Waals surface area (Å²) in [4.78, 5) is 0. The first-order chi connectivity index (χ1) is 7.52. The van der Waals surface area contributed by atoms with Crippen LogP contribution in [-0.4, -0.2) is 5.11 Å². The van der Waals surface area contributed by atoms with Gasteiger partial charge in [0.05, 0.1) is 0 Å². The van der Waals surface area contributed by atoms with Crippen molar-refractivity contribution in [1.82, 2.24) is 0 Å². The molecule has 2 nitrogen and oxygen atoms in total. The van der Waals surface area contributed by atoms with Crippen LogP contribution in [0.5, 0.6) is 5.75 Å². The van der Waals surface area contributed by atoms with Gasteiger partial charge < -0.3 is 10.8 Å². The second-order valence-corrected chi connectivity index (χ2v) is 4.32. The Morgan fingerprint density at radius 1 is 1.50 bits per heavy atom. The predicted octanol–water partition coefficient (Wildman–Crippen LogP) is 3.40. The number of phenols is 1. The van der Waals surface area contributed by atoms with E-state index in [-0.39, 0.29) is 5.75 Å². The summed E-state index contributed by atoms with van der Waals surface area (Å²) in [6.07, 6.45) is 1.06. The van der Waals surface area contributed by atoms with E-state index in [1.54, 1.807) is 6.07 Å². The van der Waals surface area contributed by atoms with Gasteiger partial charge in [-0.25, -0.2) is 0 Å². The van der Waals surface area contributed by atoms with Gasteiger partial charge in [0.2, 0.25) is 0 Å². The highest BCUT2D eigenvalue weighted by Gasteiger charge is 2.15. The Bertz CT molecular complexity index is 396. The fraction of sp³-hybridized carbons (Fsp3) is 0.429. The number of allylic oxidation sites excluding steroid dienone is 1. The first-order valence-electron chi connectivity index (χ1n) is 5.73. The maximum atomic E-state index is 9.80. The average Bonchev–Trinajstić information content (AvgIpc) is 2.27. The lowest BCUT2D eigenvalue weighted by Gasteiger charge is -2.19. The molecule has 0 aromatic heterocycles. The number of rotatable bonds is 4. The minimum Gasteiger partial charge on any atom is -0.508 e. The van der Waals surface area contributed by atoms with Crippen molar-refractivity contribution in [2.24, 2.45) is 5.73 Å². The van der Waals surface area contributed by atoms with E-state index >= 15 is 0 Å². The van der Waals surface area contributed by atoms with E-state index < -0.39 is 0 Å². The van der Waals surface area contributed by atoms with Crippen molar-refractivity contribution in [3.05, 3.63) is 35.4 Å². The molecule has 1 aromatic rings. The Kier molecular flexibility index (Phi) is 4.13. The van der Waals surface area contributed by atoms with Gasteiger partial charge in [-0.2, -0.15) is 0 Å². The molecule has 0 spiro atoms. The van der Waals surface area contributed by atoms with Crippen molar-refractivity contribution in [2.45, 2.75) is 39.7 Å². The molecule has 1 atom stereocenters. The zero-order chi connectivity index (χ0) is 12.3. The third kappa shape index (κ3) is 2.27. The van der Waals surface area contributed by atoms with Crippen molar-refractivity contribution < 1.29 is 5.11 Å². The van der Waals surface area contributed by atoms with Gasteiger partial charge in [0.25, 0.3) is 0 Å². The molecule has 1 aromatic carbocycles. The third-order valence-corrected chi connectivity index (χ3v) is 3.09. The quantitative estimate of drug-likeness (QED) is 0.815. The van der Waals surface area contributed by atoms with E-state index in [9.17, 15) is 5.11 Å². The predicted molar refractivity (Wildman–Crippen MR) is 69.4 cm³/mol. The molecule has 0 saturated carbocycles. The first-order valence-corrected chi connectivity index (χ1v) is 5.73. The van der Waals surface area contributed by atoms with Gasteiger partial charge in [-0.15, -0.1) is 0 Å². The maximum Gasteiger partial charge on any atom is 0.120 e. The van der Waals surface area contributed by atoms with Crippen LogP contribution in [-0.2, 0) is 6.54 Å². The summed E-state index contributed by atoms with van der Waals surface area (Å²) >= 11 is 0. The lowest BCUT2D eigenvalue weighted by atomic mass is 9.87. The molecule has 2 heteroatoms. The number of aromatic hydroxyl groups is 1. The van der Waals surface area contributed by atoms with Crippen LogP contribution in [0.2, 0.25) is 0 Å². The fourth-order valence-electron chi connectivity index (χ4n) is 2.00. The van der Waals surface area contributed by atoms with Crippen LogP contribution in [0.3, 0.4) is 0 Å². The van der Waals surface area contributed by atoms with Crippen molar-refractivity contribution >= 4 is 5.57 Å². The van der Waals surface area contributed by atoms with Gasteiger partial charge >= 0.3 is 0 Å². The van der Waals surface area contributed by atoms with Crippen LogP contribution in [0, 0.1) is 0 Å². The van der Waals surface area contributed by atoms with Crippen LogP contribution < -0.4 is 5.73 Å². The van der Waals surface area contributed by atoms with Crippen LogP contribution in [0.15, 0.2) is 18.7 Å². The zero-order valence-electron chi connectivity index (χ0n) is 10.4. The highest BCUT2D eigenvalue weighted by Crippen LogP contribution is 2.34. The smallest absolute Gasteiger partial charge is 0.120 e. The topological polar surface area (TPSA) is 46.2 Å². The van der Waals surface area contributed by atoms with Crippen LogP contribution in [0.25, 0.3) is 5.57 Å². The molecule has 0 heterocycles. The second kappa shape index (κ2) is 5.17. The van der Waals surface area contributed by atoms with Gasteiger partial charge in [0, 0.05) is 12.1 Å². The molecule has 16 heavy (non-hydrogen) atoms. The standard InChI is InChI=1S/C14H21NO/c1-5-10(4)11-6-7-13(16)12(8-15)14(11)9(2)3/h6-7,10,16H,2,5,8,15H2,1,3-4H3. The fourth-order valence-corrected chi connectivity index (χ4v) is 2.00. The van der Waals surface area contributed by atoms with Gasteiger partial charge in [0.1, 0.15) is 5.75 Å². The monoisotopic (exact) mass is 219 g/mol. The lowest BCUT2D eigenvalue weighted by molar-refractivity contribution is 0.467. The molecule has 0 bridgehead atoms. The van der Waals surface area contributed by atoms with E-state index in [2.05, 4.69) is 20.4 Å². The Labute approximate surface area is 97.8 Å². The zero-order valence-corrected chi connectivity index (χ0v) is 10.4. The Morgan fingerprint density at radius 3 is 2.56 bits per heavy atom. The summed E-state index contributed by atoms with van der Waals surface area (Å²) in [5.74, 6) is 0.727. The molecule has 1 unspecified atom stereocenters. The molecule has 88 valence electrons. The number of hydrogen-bond donors (Lipinski definition) is 2. The number of benzene rings is 1. The molecule has 0 aliphatic rings. The summed E-state index contributed by atoms with van der Waals surface area (Å²) in [5.41, 5.74) is 9.74. The summed E-state index contributed by atoms with van der Waals surface area (Å²) in [6.45, 7) is 10.6. The lowest BCUT2D eigenvalue weighted by Crippen LogP contribution is -2.06. The normalized spacial score (nSPS) is 12.5.